The largest absolute Gasteiger partial charge is 0.404 e. The van der Waals surface area contributed by atoms with Crippen LogP contribution in [0.1, 0.15) is 43.9 Å². The second-order valence-corrected chi connectivity index (χ2v) is 9.50. The highest BCUT2D eigenvalue weighted by Crippen LogP contribution is 2.21. The summed E-state index contributed by atoms with van der Waals surface area (Å²) in [6.45, 7) is 21.3. The summed E-state index contributed by atoms with van der Waals surface area (Å²) in [4.78, 5) is 0. The highest BCUT2D eigenvalue weighted by Gasteiger charge is 2.03. The van der Waals surface area contributed by atoms with Crippen molar-refractivity contribution in [2.24, 2.45) is 5.73 Å². The summed E-state index contributed by atoms with van der Waals surface area (Å²) >= 11 is 0. The summed E-state index contributed by atoms with van der Waals surface area (Å²) in [5.41, 5.74) is 20.3. The molecule has 0 fully saturated rings. The lowest BCUT2D eigenvalue weighted by molar-refractivity contribution is 0.939. The lowest BCUT2D eigenvalue weighted by atomic mass is 9.99. The monoisotopic (exact) mass is 571 g/mol. The van der Waals surface area contributed by atoms with E-state index in [1.54, 1.807) is 12.3 Å². The fourth-order valence-corrected chi connectivity index (χ4v) is 3.75. The fourth-order valence-electron chi connectivity index (χ4n) is 3.75. The Hall–Kier alpha value is -5.02. The standard InChI is InChI=1S/C34H42N2.C6H7N/c1-8-12-13-14-15-16-18-33(26-35)30(10-3)22-19-27(5)28(6)20-23-31-25-32(24-21-29(31)7)34(17-9-2)36-11-4;7-6-4-2-1-3-5-6/h8-10,12-14,16-26,36H,2,5-6,11,15,35H2,1,3-4,7H3;1-5H,7H2/b12-8-,14-13-,18-16-,22-19-,23-20-,30-10+,33-26+,34-17-;. The van der Waals surface area contributed by atoms with Gasteiger partial charge in [-0.15, -0.1) is 0 Å². The molecule has 0 aromatic heterocycles. The van der Waals surface area contributed by atoms with Gasteiger partial charge in [-0.1, -0.05) is 123 Å². The highest BCUT2D eigenvalue weighted by atomic mass is 14.9. The van der Waals surface area contributed by atoms with Crippen molar-refractivity contribution < 1.29 is 0 Å². The summed E-state index contributed by atoms with van der Waals surface area (Å²) in [5.74, 6) is 0. The molecule has 0 bridgehead atoms. The Kier molecular flexibility index (Phi) is 18.2. The number of nitrogens with two attached hydrogens (primary N) is 2. The van der Waals surface area contributed by atoms with E-state index in [1.165, 1.54) is 5.56 Å². The number of hydrogen-bond acceptors (Lipinski definition) is 3. The number of allylic oxidation sites excluding steroid dienone is 16. The van der Waals surface area contributed by atoms with Gasteiger partial charge in [-0.3, -0.25) is 0 Å². The molecule has 2 aromatic rings. The third kappa shape index (κ3) is 14.4. The van der Waals surface area contributed by atoms with Gasteiger partial charge in [0.2, 0.25) is 0 Å². The van der Waals surface area contributed by atoms with Crippen LogP contribution in [0, 0.1) is 6.92 Å². The Morgan fingerprint density at radius 1 is 0.884 bits per heavy atom. The third-order valence-electron chi connectivity index (χ3n) is 6.22. The van der Waals surface area contributed by atoms with Crippen molar-refractivity contribution >= 4 is 17.5 Å². The Bertz CT molecular complexity index is 1420. The summed E-state index contributed by atoms with van der Waals surface area (Å²) in [7, 11) is 0. The Balaban J connectivity index is 0.00000115. The zero-order valence-corrected chi connectivity index (χ0v) is 26.4. The predicted octanol–water partition coefficient (Wildman–Crippen LogP) is 9.95. The average molecular weight is 572 g/mol. The molecule has 224 valence electrons. The van der Waals surface area contributed by atoms with Crippen LogP contribution in [0.5, 0.6) is 0 Å². The lowest BCUT2D eigenvalue weighted by Gasteiger charge is -2.11. The zero-order chi connectivity index (χ0) is 31.9. The summed E-state index contributed by atoms with van der Waals surface area (Å²) < 4.78 is 0. The van der Waals surface area contributed by atoms with E-state index in [0.717, 1.165) is 57.8 Å². The molecule has 0 radical (unpaired) electrons. The second kappa shape index (κ2) is 21.7. The molecule has 0 atom stereocenters. The quantitative estimate of drug-likeness (QED) is 0.156. The molecule has 0 aliphatic heterocycles. The van der Waals surface area contributed by atoms with E-state index in [2.05, 4.69) is 75.3 Å². The van der Waals surface area contributed by atoms with E-state index in [9.17, 15) is 0 Å². The highest BCUT2D eigenvalue weighted by molar-refractivity contribution is 5.70. The normalized spacial score (nSPS) is 12.8. The van der Waals surface area contributed by atoms with E-state index in [1.807, 2.05) is 98.9 Å². The fraction of sp³-hybridized carbons (Fsp3) is 0.150. The van der Waals surface area contributed by atoms with Gasteiger partial charge in [-0.2, -0.15) is 0 Å². The molecule has 3 nitrogen and oxygen atoms in total. The number of nitrogen functional groups attached to an aromatic ring is 1. The molecular weight excluding hydrogens is 522 g/mol. The van der Waals surface area contributed by atoms with Crippen molar-refractivity contribution in [2.75, 3.05) is 12.3 Å². The van der Waals surface area contributed by atoms with Crippen molar-refractivity contribution in [3.8, 4) is 0 Å². The van der Waals surface area contributed by atoms with Crippen LogP contribution in [0.2, 0.25) is 0 Å². The Labute approximate surface area is 260 Å². The van der Waals surface area contributed by atoms with Gasteiger partial charge in [-0.05, 0) is 97.4 Å². The van der Waals surface area contributed by atoms with Gasteiger partial charge in [0, 0.05) is 24.1 Å². The van der Waals surface area contributed by atoms with Crippen LogP contribution in [-0.4, -0.2) is 6.54 Å². The van der Waals surface area contributed by atoms with Crippen LogP contribution >= 0.6 is 0 Å². The summed E-state index contributed by atoms with van der Waals surface area (Å²) in [6.07, 6.45) is 28.7. The number of para-hydroxylation sites is 1. The number of aryl methyl sites for hydroxylation is 1. The number of rotatable bonds is 14. The first-order chi connectivity index (χ1) is 20.8. The van der Waals surface area contributed by atoms with Crippen molar-refractivity contribution in [2.45, 2.75) is 34.1 Å². The van der Waals surface area contributed by atoms with Crippen molar-refractivity contribution in [3.05, 3.63) is 186 Å². The summed E-state index contributed by atoms with van der Waals surface area (Å²) in [6, 6.07) is 15.9. The predicted molar refractivity (Wildman–Crippen MR) is 194 cm³/mol. The molecule has 0 heterocycles. The van der Waals surface area contributed by atoms with Gasteiger partial charge in [0.05, 0.1) is 0 Å². The first kappa shape index (κ1) is 36.0. The van der Waals surface area contributed by atoms with Crippen LogP contribution in [0.3, 0.4) is 0 Å². The minimum atomic E-state index is 0.822. The maximum atomic E-state index is 5.89. The SMILES string of the molecule is C=C/C=C(\NCC)c1ccc(C)c(/C=C\C(=C)C(=C)\C=C/C(=C\C)C(/C=C\C/C=C\C=C/C)=C/N)c1.Nc1ccccc1. The van der Waals surface area contributed by atoms with E-state index in [4.69, 9.17) is 11.5 Å². The van der Waals surface area contributed by atoms with Gasteiger partial charge in [0.1, 0.15) is 0 Å². The van der Waals surface area contributed by atoms with Crippen molar-refractivity contribution in [1.82, 2.24) is 5.32 Å². The Morgan fingerprint density at radius 2 is 1.60 bits per heavy atom. The maximum Gasteiger partial charge on any atom is 0.0413 e. The van der Waals surface area contributed by atoms with Gasteiger partial charge < -0.3 is 16.8 Å². The molecule has 0 amide bonds. The first-order valence-corrected chi connectivity index (χ1v) is 14.6. The van der Waals surface area contributed by atoms with Crippen LogP contribution in [0.4, 0.5) is 5.69 Å². The maximum absolute atomic E-state index is 5.89. The molecule has 0 aliphatic rings. The van der Waals surface area contributed by atoms with Crippen molar-refractivity contribution in [3.63, 3.8) is 0 Å². The van der Waals surface area contributed by atoms with Crippen LogP contribution in [0.15, 0.2) is 170 Å². The van der Waals surface area contributed by atoms with Gasteiger partial charge in [0.15, 0.2) is 0 Å². The van der Waals surface area contributed by atoms with Gasteiger partial charge in [0.25, 0.3) is 0 Å². The minimum absolute atomic E-state index is 0.822. The molecular formula is C40H49N3. The molecule has 0 saturated carbocycles. The zero-order valence-electron chi connectivity index (χ0n) is 26.4. The molecule has 43 heavy (non-hydrogen) atoms. The van der Waals surface area contributed by atoms with Crippen LogP contribution < -0.4 is 16.8 Å². The molecule has 0 saturated heterocycles. The Morgan fingerprint density at radius 3 is 2.19 bits per heavy atom. The molecule has 3 heteroatoms. The smallest absolute Gasteiger partial charge is 0.0413 e. The molecule has 0 spiro atoms. The number of nitrogens with one attached hydrogen (secondary N) is 1. The second-order valence-electron chi connectivity index (χ2n) is 9.50. The molecule has 0 unspecified atom stereocenters. The van der Waals surface area contributed by atoms with E-state index >= 15 is 0 Å². The number of hydrogen-bond donors (Lipinski definition) is 3. The van der Waals surface area contributed by atoms with E-state index in [-0.39, 0.29) is 0 Å². The first-order valence-electron chi connectivity index (χ1n) is 14.6. The molecule has 2 rings (SSSR count). The van der Waals surface area contributed by atoms with Gasteiger partial charge in [-0.25, -0.2) is 0 Å². The van der Waals surface area contributed by atoms with Gasteiger partial charge >= 0.3 is 0 Å². The van der Waals surface area contributed by atoms with Crippen LogP contribution in [-0.2, 0) is 0 Å². The van der Waals surface area contributed by atoms with E-state index in [0.29, 0.717) is 0 Å². The average Bonchev–Trinajstić information content (AvgIpc) is 3.01. The summed E-state index contributed by atoms with van der Waals surface area (Å²) in [5, 5.41) is 3.40. The minimum Gasteiger partial charge on any atom is -0.404 e. The molecule has 5 N–H and O–H groups in total. The van der Waals surface area contributed by atoms with E-state index < -0.39 is 0 Å². The molecule has 0 aliphatic carbocycles. The van der Waals surface area contributed by atoms with Crippen molar-refractivity contribution in [1.29, 1.82) is 0 Å². The molecule has 2 aromatic carbocycles. The lowest BCUT2D eigenvalue weighted by Crippen LogP contribution is -2.11. The number of anilines is 1. The van der Waals surface area contributed by atoms with Crippen LogP contribution in [0.25, 0.3) is 11.8 Å². The third-order valence-corrected chi connectivity index (χ3v) is 6.22. The number of benzene rings is 2. The topological polar surface area (TPSA) is 64.1 Å².